The Balaban J connectivity index is 1.83. The molecule has 1 aromatic carbocycles. The number of carboxylic acids is 1. The topological polar surface area (TPSA) is 96.9 Å². The molecule has 7 nitrogen and oxygen atoms in total. The number of carbonyl (C=O) groups is 2. The van der Waals surface area contributed by atoms with Crippen LogP contribution in [0.1, 0.15) is 17.5 Å². The first-order valence-corrected chi connectivity index (χ1v) is 6.81. The van der Waals surface area contributed by atoms with E-state index in [4.69, 9.17) is 14.6 Å². The molecule has 1 aliphatic rings. The monoisotopic (exact) mass is 312 g/mol. The second-order valence-electron chi connectivity index (χ2n) is 4.74. The van der Waals surface area contributed by atoms with Crippen molar-refractivity contribution in [1.29, 1.82) is 0 Å². The van der Waals surface area contributed by atoms with Crippen molar-refractivity contribution in [3.8, 4) is 5.75 Å². The van der Waals surface area contributed by atoms with Gasteiger partial charge in [0.2, 0.25) is 0 Å². The minimum atomic E-state index is -0.981. The number of carboxylic acid groups (broad SMARTS) is 1. The lowest BCUT2D eigenvalue weighted by Crippen LogP contribution is -2.37. The molecule has 0 atom stereocenters. The van der Waals surface area contributed by atoms with Crippen LogP contribution in [0.5, 0.6) is 5.75 Å². The fraction of sp³-hybridized carbons (Fsp3) is 0.429. The molecular formula is C14H17FN2O5. The molecule has 2 amide bonds. The van der Waals surface area contributed by atoms with Crippen LogP contribution in [0.2, 0.25) is 0 Å². The number of hydrogen-bond acceptors (Lipinski definition) is 4. The molecule has 22 heavy (non-hydrogen) atoms. The number of hydrogen-bond donors (Lipinski definition) is 3. The smallest absolute Gasteiger partial charge is 0.314 e. The first-order chi connectivity index (χ1) is 10.6. The molecule has 0 saturated heterocycles. The zero-order valence-corrected chi connectivity index (χ0v) is 11.9. The number of rotatable bonds is 6. The average molecular weight is 312 g/mol. The molecule has 0 saturated carbocycles. The van der Waals surface area contributed by atoms with E-state index in [1.807, 2.05) is 0 Å². The van der Waals surface area contributed by atoms with Gasteiger partial charge >= 0.3 is 12.0 Å². The molecule has 3 N–H and O–H groups in total. The Bertz CT molecular complexity index is 564. The minimum absolute atomic E-state index is 0.0526. The minimum Gasteiger partial charge on any atom is -0.481 e. The third kappa shape index (κ3) is 4.59. The largest absolute Gasteiger partial charge is 0.481 e. The fourth-order valence-electron chi connectivity index (χ4n) is 2.10. The van der Waals surface area contributed by atoms with Gasteiger partial charge in [0.1, 0.15) is 11.6 Å². The number of benzene rings is 1. The van der Waals surface area contributed by atoms with Crippen LogP contribution in [0.15, 0.2) is 12.1 Å². The standard InChI is InChI=1S/C14H17FN2O5/c15-11-5-9(13-10(6-11)7-21-8-22-13)1-3-16-14(20)17-4-2-12(18)19/h5-6H,1-4,7-8H2,(H,18,19)(H2,16,17,20). The molecule has 8 heteroatoms. The zero-order chi connectivity index (χ0) is 15.9. The zero-order valence-electron chi connectivity index (χ0n) is 11.9. The van der Waals surface area contributed by atoms with Crippen LogP contribution in [0.3, 0.4) is 0 Å². The number of aliphatic carboxylic acids is 1. The van der Waals surface area contributed by atoms with E-state index >= 15 is 0 Å². The number of urea groups is 1. The van der Waals surface area contributed by atoms with Gasteiger partial charge in [0.05, 0.1) is 13.0 Å². The van der Waals surface area contributed by atoms with Crippen LogP contribution in [-0.2, 0) is 22.6 Å². The second kappa shape index (κ2) is 7.60. The van der Waals surface area contributed by atoms with Crippen molar-refractivity contribution in [2.75, 3.05) is 19.9 Å². The summed E-state index contributed by atoms with van der Waals surface area (Å²) in [6.45, 7) is 0.744. The van der Waals surface area contributed by atoms with Gasteiger partial charge in [-0.1, -0.05) is 0 Å². The van der Waals surface area contributed by atoms with Crippen LogP contribution in [-0.4, -0.2) is 37.0 Å². The van der Waals surface area contributed by atoms with Gasteiger partial charge in [-0.3, -0.25) is 4.79 Å². The average Bonchev–Trinajstić information content (AvgIpc) is 2.46. The Labute approximate surface area is 126 Å². The highest BCUT2D eigenvalue weighted by Crippen LogP contribution is 2.29. The van der Waals surface area contributed by atoms with Crippen LogP contribution in [0, 0.1) is 5.82 Å². The van der Waals surface area contributed by atoms with E-state index in [0.717, 1.165) is 0 Å². The van der Waals surface area contributed by atoms with Crippen molar-refractivity contribution < 1.29 is 28.6 Å². The van der Waals surface area contributed by atoms with Crippen LogP contribution in [0.25, 0.3) is 0 Å². The Kier molecular flexibility index (Phi) is 5.54. The first-order valence-electron chi connectivity index (χ1n) is 6.81. The Hall–Kier alpha value is -2.35. The van der Waals surface area contributed by atoms with Gasteiger partial charge < -0.3 is 25.2 Å². The summed E-state index contributed by atoms with van der Waals surface area (Å²) in [5.74, 6) is -0.763. The van der Waals surface area contributed by atoms with E-state index in [0.29, 0.717) is 29.9 Å². The van der Waals surface area contributed by atoms with Crippen LogP contribution in [0.4, 0.5) is 9.18 Å². The third-order valence-electron chi connectivity index (χ3n) is 3.06. The molecule has 0 aromatic heterocycles. The van der Waals surface area contributed by atoms with Crippen LogP contribution < -0.4 is 15.4 Å². The number of fused-ring (bicyclic) bond motifs is 1. The lowest BCUT2D eigenvalue weighted by Gasteiger charge is -2.21. The molecule has 1 aliphatic heterocycles. The highest BCUT2D eigenvalue weighted by Gasteiger charge is 2.16. The molecule has 2 rings (SSSR count). The van der Waals surface area contributed by atoms with Gasteiger partial charge in [-0.05, 0) is 24.1 Å². The quantitative estimate of drug-likeness (QED) is 0.728. The van der Waals surface area contributed by atoms with Crippen molar-refractivity contribution in [2.45, 2.75) is 19.4 Å². The molecule has 1 heterocycles. The summed E-state index contributed by atoms with van der Waals surface area (Å²) in [6, 6.07) is 2.27. The van der Waals surface area contributed by atoms with E-state index in [1.54, 1.807) is 0 Å². The summed E-state index contributed by atoms with van der Waals surface area (Å²) >= 11 is 0. The van der Waals surface area contributed by atoms with Gasteiger partial charge in [-0.15, -0.1) is 0 Å². The molecule has 1 aromatic rings. The number of amides is 2. The predicted octanol–water partition coefficient (Wildman–Crippen LogP) is 1.01. The van der Waals surface area contributed by atoms with E-state index in [9.17, 15) is 14.0 Å². The fourth-order valence-corrected chi connectivity index (χ4v) is 2.10. The predicted molar refractivity (Wildman–Crippen MR) is 74.0 cm³/mol. The highest BCUT2D eigenvalue weighted by atomic mass is 19.1. The summed E-state index contributed by atoms with van der Waals surface area (Å²) in [7, 11) is 0. The van der Waals surface area contributed by atoms with Gasteiger partial charge in [-0.2, -0.15) is 0 Å². The third-order valence-corrected chi connectivity index (χ3v) is 3.06. The van der Waals surface area contributed by atoms with Crippen molar-refractivity contribution in [3.05, 3.63) is 29.1 Å². The summed E-state index contributed by atoms with van der Waals surface area (Å²) in [5.41, 5.74) is 1.30. The van der Waals surface area contributed by atoms with Gasteiger partial charge in [-0.25, -0.2) is 9.18 Å². The van der Waals surface area contributed by atoms with E-state index < -0.39 is 12.0 Å². The maximum Gasteiger partial charge on any atom is 0.314 e. The number of ether oxygens (including phenoxy) is 2. The maximum absolute atomic E-state index is 13.5. The molecule has 0 bridgehead atoms. The summed E-state index contributed by atoms with van der Waals surface area (Å²) in [6.07, 6.45) is 0.255. The Morgan fingerprint density at radius 2 is 2.05 bits per heavy atom. The Morgan fingerprint density at radius 3 is 2.82 bits per heavy atom. The molecule has 0 radical (unpaired) electrons. The van der Waals surface area contributed by atoms with Crippen molar-refractivity contribution in [3.63, 3.8) is 0 Å². The van der Waals surface area contributed by atoms with Crippen molar-refractivity contribution in [1.82, 2.24) is 10.6 Å². The van der Waals surface area contributed by atoms with Gasteiger partial charge in [0.25, 0.3) is 0 Å². The molecular weight excluding hydrogens is 295 g/mol. The summed E-state index contributed by atoms with van der Waals surface area (Å²) in [4.78, 5) is 21.7. The van der Waals surface area contributed by atoms with Crippen molar-refractivity contribution in [2.24, 2.45) is 0 Å². The second-order valence-corrected chi connectivity index (χ2v) is 4.74. The number of halogens is 1. The molecule has 120 valence electrons. The van der Waals surface area contributed by atoms with E-state index in [-0.39, 0.29) is 32.1 Å². The van der Waals surface area contributed by atoms with Gasteiger partial charge in [0, 0.05) is 18.7 Å². The lowest BCUT2D eigenvalue weighted by atomic mass is 10.1. The molecule has 0 unspecified atom stereocenters. The number of nitrogens with one attached hydrogen (secondary N) is 2. The normalized spacial score (nSPS) is 13.0. The van der Waals surface area contributed by atoms with Gasteiger partial charge in [0.15, 0.2) is 6.79 Å². The maximum atomic E-state index is 13.5. The molecule has 0 aliphatic carbocycles. The lowest BCUT2D eigenvalue weighted by molar-refractivity contribution is -0.136. The first kappa shape index (κ1) is 16.0. The number of carbonyl (C=O) groups excluding carboxylic acids is 1. The molecule has 0 spiro atoms. The highest BCUT2D eigenvalue weighted by molar-refractivity contribution is 5.74. The van der Waals surface area contributed by atoms with E-state index in [2.05, 4.69) is 10.6 Å². The Morgan fingerprint density at radius 1 is 1.27 bits per heavy atom. The SMILES string of the molecule is O=C(O)CCNC(=O)NCCc1cc(F)cc2c1OCOC2. The van der Waals surface area contributed by atoms with E-state index in [1.165, 1.54) is 12.1 Å². The molecule has 0 fully saturated rings. The van der Waals surface area contributed by atoms with Crippen molar-refractivity contribution >= 4 is 12.0 Å². The summed E-state index contributed by atoms with van der Waals surface area (Å²) < 4.78 is 24.0. The van der Waals surface area contributed by atoms with Crippen LogP contribution >= 0.6 is 0 Å². The summed E-state index contributed by atoms with van der Waals surface area (Å²) in [5, 5.41) is 13.5.